The molecule has 1 aromatic rings. The second-order valence-electron chi connectivity index (χ2n) is 4.51. The second-order valence-corrected chi connectivity index (χ2v) is 4.51. The van der Waals surface area contributed by atoms with Crippen molar-refractivity contribution in [2.45, 2.75) is 19.4 Å². The number of amides is 2. The van der Waals surface area contributed by atoms with E-state index in [1.165, 1.54) is 4.90 Å². The summed E-state index contributed by atoms with van der Waals surface area (Å²) >= 11 is 0. The van der Waals surface area contributed by atoms with Crippen molar-refractivity contribution in [1.82, 2.24) is 4.90 Å². The number of aliphatic hydroxyl groups excluding tert-OH is 1. The standard InChI is InChI=1S/C13H16N2O3/c1-9-2-4-10(5-3-9)14-12(17)13(18)15-7-6-11(16)8-15/h2-5,11,16H,6-8H2,1H3,(H,14,17)/t11-/m1/s1. The highest BCUT2D eigenvalue weighted by Crippen LogP contribution is 2.11. The largest absolute Gasteiger partial charge is 0.391 e. The molecule has 0 radical (unpaired) electrons. The van der Waals surface area contributed by atoms with Crippen molar-refractivity contribution < 1.29 is 14.7 Å². The summed E-state index contributed by atoms with van der Waals surface area (Å²) in [5, 5.41) is 11.9. The van der Waals surface area contributed by atoms with Crippen molar-refractivity contribution in [3.05, 3.63) is 29.8 Å². The van der Waals surface area contributed by atoms with Gasteiger partial charge in [0.1, 0.15) is 0 Å². The molecule has 1 heterocycles. The van der Waals surface area contributed by atoms with Crippen LogP contribution in [0.1, 0.15) is 12.0 Å². The fourth-order valence-electron chi connectivity index (χ4n) is 1.89. The van der Waals surface area contributed by atoms with E-state index in [4.69, 9.17) is 0 Å². The summed E-state index contributed by atoms with van der Waals surface area (Å²) in [5.74, 6) is -1.25. The number of nitrogens with one attached hydrogen (secondary N) is 1. The molecule has 18 heavy (non-hydrogen) atoms. The molecule has 1 aliphatic heterocycles. The first-order valence-electron chi connectivity index (χ1n) is 5.91. The van der Waals surface area contributed by atoms with E-state index in [0.29, 0.717) is 18.7 Å². The monoisotopic (exact) mass is 248 g/mol. The second kappa shape index (κ2) is 5.18. The molecule has 1 aromatic carbocycles. The average molecular weight is 248 g/mol. The third-order valence-corrected chi connectivity index (χ3v) is 2.95. The fourth-order valence-corrected chi connectivity index (χ4v) is 1.89. The van der Waals surface area contributed by atoms with Crippen molar-refractivity contribution in [2.24, 2.45) is 0 Å². The first-order valence-corrected chi connectivity index (χ1v) is 5.91. The van der Waals surface area contributed by atoms with Gasteiger partial charge in [-0.05, 0) is 25.5 Å². The Morgan fingerprint density at radius 3 is 2.56 bits per heavy atom. The van der Waals surface area contributed by atoms with E-state index < -0.39 is 17.9 Å². The Labute approximate surface area is 105 Å². The van der Waals surface area contributed by atoms with Crippen molar-refractivity contribution in [1.29, 1.82) is 0 Å². The topological polar surface area (TPSA) is 69.6 Å². The predicted molar refractivity (Wildman–Crippen MR) is 67.0 cm³/mol. The molecule has 5 heteroatoms. The Balaban J connectivity index is 1.95. The number of carbonyl (C=O) groups is 2. The van der Waals surface area contributed by atoms with Gasteiger partial charge < -0.3 is 15.3 Å². The van der Waals surface area contributed by atoms with E-state index in [1.54, 1.807) is 12.1 Å². The quantitative estimate of drug-likeness (QED) is 0.712. The number of anilines is 1. The molecule has 1 atom stereocenters. The molecule has 0 saturated carbocycles. The van der Waals surface area contributed by atoms with Crippen LogP contribution in [0.4, 0.5) is 5.69 Å². The van der Waals surface area contributed by atoms with Gasteiger partial charge in [0.05, 0.1) is 6.10 Å². The number of rotatable bonds is 1. The minimum atomic E-state index is -0.659. The van der Waals surface area contributed by atoms with Crippen LogP contribution in [0, 0.1) is 6.92 Å². The number of carbonyl (C=O) groups excluding carboxylic acids is 2. The summed E-state index contributed by atoms with van der Waals surface area (Å²) in [6, 6.07) is 7.22. The summed E-state index contributed by atoms with van der Waals surface area (Å²) in [4.78, 5) is 24.8. The maximum atomic E-state index is 11.8. The first kappa shape index (κ1) is 12.6. The number of benzene rings is 1. The number of hydrogen-bond donors (Lipinski definition) is 2. The zero-order valence-corrected chi connectivity index (χ0v) is 10.2. The van der Waals surface area contributed by atoms with Crippen LogP contribution in [0.2, 0.25) is 0 Å². The summed E-state index contributed by atoms with van der Waals surface area (Å²) in [6.45, 7) is 2.61. The Kier molecular flexibility index (Phi) is 3.62. The van der Waals surface area contributed by atoms with E-state index in [0.717, 1.165) is 5.56 Å². The normalized spacial score (nSPS) is 18.8. The summed E-state index contributed by atoms with van der Waals surface area (Å²) < 4.78 is 0. The molecule has 0 spiro atoms. The van der Waals surface area contributed by atoms with Crippen LogP contribution in [0.3, 0.4) is 0 Å². The van der Waals surface area contributed by atoms with Crippen LogP contribution in [-0.4, -0.2) is 41.0 Å². The smallest absolute Gasteiger partial charge is 0.313 e. The highest BCUT2D eigenvalue weighted by Gasteiger charge is 2.28. The molecular formula is C13H16N2O3. The van der Waals surface area contributed by atoms with Crippen molar-refractivity contribution in [2.75, 3.05) is 18.4 Å². The van der Waals surface area contributed by atoms with Gasteiger partial charge in [-0.15, -0.1) is 0 Å². The van der Waals surface area contributed by atoms with E-state index in [-0.39, 0.29) is 6.54 Å². The first-order chi connectivity index (χ1) is 8.56. The van der Waals surface area contributed by atoms with Gasteiger partial charge in [-0.2, -0.15) is 0 Å². The van der Waals surface area contributed by atoms with Crippen molar-refractivity contribution in [3.63, 3.8) is 0 Å². The Bertz CT molecular complexity index is 456. The lowest BCUT2D eigenvalue weighted by Gasteiger charge is -2.14. The molecule has 96 valence electrons. The molecule has 1 saturated heterocycles. The van der Waals surface area contributed by atoms with Crippen LogP contribution in [0.5, 0.6) is 0 Å². The number of aryl methyl sites for hydroxylation is 1. The maximum Gasteiger partial charge on any atom is 0.313 e. The van der Waals surface area contributed by atoms with Crippen LogP contribution in [-0.2, 0) is 9.59 Å². The molecule has 0 aliphatic carbocycles. The number of nitrogens with zero attached hydrogens (tertiary/aromatic N) is 1. The van der Waals surface area contributed by atoms with E-state index in [2.05, 4.69) is 5.32 Å². The Hall–Kier alpha value is -1.88. The zero-order valence-electron chi connectivity index (χ0n) is 10.2. The molecule has 0 unspecified atom stereocenters. The molecular weight excluding hydrogens is 232 g/mol. The lowest BCUT2D eigenvalue weighted by atomic mass is 10.2. The van der Waals surface area contributed by atoms with Crippen LogP contribution in [0.25, 0.3) is 0 Å². The molecule has 5 nitrogen and oxygen atoms in total. The fraction of sp³-hybridized carbons (Fsp3) is 0.385. The number of β-amino-alcohol motifs (C(OH)–C–C–N with tert-alkyl or cyclic N) is 1. The van der Waals surface area contributed by atoms with Gasteiger partial charge >= 0.3 is 11.8 Å². The maximum absolute atomic E-state index is 11.8. The lowest BCUT2D eigenvalue weighted by molar-refractivity contribution is -0.142. The number of likely N-dealkylation sites (tertiary alicyclic amines) is 1. The third kappa shape index (κ3) is 2.87. The van der Waals surface area contributed by atoms with Crippen LogP contribution in [0.15, 0.2) is 24.3 Å². The van der Waals surface area contributed by atoms with Gasteiger partial charge in [0.25, 0.3) is 0 Å². The van der Waals surface area contributed by atoms with Crippen LogP contribution < -0.4 is 5.32 Å². The Morgan fingerprint density at radius 2 is 2.00 bits per heavy atom. The zero-order chi connectivity index (χ0) is 13.1. The SMILES string of the molecule is Cc1ccc(NC(=O)C(=O)N2CC[C@@H](O)C2)cc1. The molecule has 1 aliphatic rings. The summed E-state index contributed by atoms with van der Waals surface area (Å²) in [6.07, 6.45) is 0.0185. The molecule has 0 aromatic heterocycles. The van der Waals surface area contributed by atoms with E-state index >= 15 is 0 Å². The lowest BCUT2D eigenvalue weighted by Crippen LogP contribution is -2.38. The minimum absolute atomic E-state index is 0.236. The molecule has 2 rings (SSSR count). The Morgan fingerprint density at radius 1 is 1.33 bits per heavy atom. The molecule has 1 fully saturated rings. The average Bonchev–Trinajstić information content (AvgIpc) is 2.78. The van der Waals surface area contributed by atoms with Crippen LogP contribution >= 0.6 is 0 Å². The summed E-state index contributed by atoms with van der Waals surface area (Å²) in [5.41, 5.74) is 1.68. The highest BCUT2D eigenvalue weighted by molar-refractivity contribution is 6.39. The van der Waals surface area contributed by atoms with Gasteiger partial charge in [0.2, 0.25) is 0 Å². The predicted octanol–water partition coefficient (Wildman–Crippen LogP) is 0.527. The van der Waals surface area contributed by atoms with Gasteiger partial charge in [-0.25, -0.2) is 0 Å². The highest BCUT2D eigenvalue weighted by atomic mass is 16.3. The van der Waals surface area contributed by atoms with E-state index in [1.807, 2.05) is 19.1 Å². The molecule has 2 amide bonds. The summed E-state index contributed by atoms with van der Waals surface area (Å²) in [7, 11) is 0. The van der Waals surface area contributed by atoms with Gasteiger partial charge in [-0.1, -0.05) is 17.7 Å². The molecule has 2 N–H and O–H groups in total. The van der Waals surface area contributed by atoms with Crippen molar-refractivity contribution >= 4 is 17.5 Å². The van der Waals surface area contributed by atoms with Gasteiger partial charge in [0, 0.05) is 18.8 Å². The number of aliphatic hydroxyl groups is 1. The number of hydrogen-bond acceptors (Lipinski definition) is 3. The third-order valence-electron chi connectivity index (χ3n) is 2.95. The minimum Gasteiger partial charge on any atom is -0.391 e. The van der Waals surface area contributed by atoms with Gasteiger partial charge in [-0.3, -0.25) is 9.59 Å². The van der Waals surface area contributed by atoms with Gasteiger partial charge in [0.15, 0.2) is 0 Å². The molecule has 0 bridgehead atoms. The van der Waals surface area contributed by atoms with Crippen molar-refractivity contribution in [3.8, 4) is 0 Å². The van der Waals surface area contributed by atoms with E-state index in [9.17, 15) is 14.7 Å².